The van der Waals surface area contributed by atoms with Crippen molar-refractivity contribution in [2.45, 2.75) is 12.5 Å². The van der Waals surface area contributed by atoms with Gasteiger partial charge in [-0.1, -0.05) is 34.8 Å². The zero-order valence-corrected chi connectivity index (χ0v) is 11.3. The number of benzene rings is 1. The number of rotatable bonds is 3. The number of nitrogens with one attached hydrogen (secondary N) is 1. The fraction of sp³-hybridized carbons (Fsp3) is 0.455. The number of hydrogen-bond donors (Lipinski definition) is 1. The van der Waals surface area contributed by atoms with Gasteiger partial charge in [0.2, 0.25) is 0 Å². The van der Waals surface area contributed by atoms with Crippen molar-refractivity contribution in [3.63, 3.8) is 0 Å². The lowest BCUT2D eigenvalue weighted by Gasteiger charge is -2.23. The molecule has 0 radical (unpaired) electrons. The summed E-state index contributed by atoms with van der Waals surface area (Å²) in [6.45, 7) is 1.70. The molecule has 1 heterocycles. The van der Waals surface area contributed by atoms with E-state index in [1.54, 1.807) is 12.1 Å². The van der Waals surface area contributed by atoms with Crippen molar-refractivity contribution in [3.8, 4) is 0 Å². The first kappa shape index (κ1) is 13.2. The Kier molecular flexibility index (Phi) is 4.77. The van der Waals surface area contributed by atoms with Crippen molar-refractivity contribution in [1.82, 2.24) is 0 Å². The Hall–Kier alpha value is -0.190. The summed E-state index contributed by atoms with van der Waals surface area (Å²) in [6, 6.07) is 3.31. The van der Waals surface area contributed by atoms with E-state index in [4.69, 9.17) is 44.3 Å². The fourth-order valence-corrected chi connectivity index (χ4v) is 2.54. The van der Waals surface area contributed by atoms with Gasteiger partial charge in [0.05, 0.1) is 28.4 Å². The second kappa shape index (κ2) is 6.12. The maximum Gasteiger partial charge on any atom is 0.147 e. The van der Waals surface area contributed by atoms with Crippen molar-refractivity contribution >= 4 is 40.5 Å². The average molecular weight is 297 g/mol. The quantitative estimate of drug-likeness (QED) is 0.920. The molecule has 0 aliphatic carbocycles. The predicted octanol–water partition coefficient (Wildman–Crippen LogP) is 3.82. The Morgan fingerprint density at radius 1 is 1.24 bits per heavy atom. The highest BCUT2D eigenvalue weighted by atomic mass is 35.5. The molecule has 17 heavy (non-hydrogen) atoms. The molecule has 94 valence electrons. The van der Waals surface area contributed by atoms with E-state index in [1.807, 2.05) is 0 Å². The third-order valence-corrected chi connectivity index (χ3v) is 3.30. The van der Waals surface area contributed by atoms with Crippen LogP contribution < -0.4 is 5.32 Å². The van der Waals surface area contributed by atoms with Gasteiger partial charge in [0.1, 0.15) is 6.79 Å². The van der Waals surface area contributed by atoms with Crippen LogP contribution in [0.4, 0.5) is 5.69 Å². The van der Waals surface area contributed by atoms with Crippen LogP contribution in [0.3, 0.4) is 0 Å². The van der Waals surface area contributed by atoms with Gasteiger partial charge in [-0.15, -0.1) is 0 Å². The topological polar surface area (TPSA) is 30.5 Å². The van der Waals surface area contributed by atoms with Gasteiger partial charge in [0, 0.05) is 11.6 Å². The molecule has 0 aromatic heterocycles. The van der Waals surface area contributed by atoms with Crippen LogP contribution in [0.25, 0.3) is 0 Å². The van der Waals surface area contributed by atoms with Crippen molar-refractivity contribution in [2.75, 3.05) is 25.3 Å². The van der Waals surface area contributed by atoms with Gasteiger partial charge in [0.15, 0.2) is 0 Å². The third-order valence-electron chi connectivity index (χ3n) is 2.48. The summed E-state index contributed by atoms with van der Waals surface area (Å²) in [4.78, 5) is 0. The summed E-state index contributed by atoms with van der Waals surface area (Å²) in [5.41, 5.74) is 0.688. The van der Waals surface area contributed by atoms with E-state index in [-0.39, 0.29) is 6.10 Å². The van der Waals surface area contributed by atoms with Crippen LogP contribution in [-0.4, -0.2) is 26.0 Å². The van der Waals surface area contributed by atoms with Gasteiger partial charge < -0.3 is 14.8 Å². The largest absolute Gasteiger partial charge is 0.380 e. The first-order chi connectivity index (χ1) is 8.16. The molecule has 1 aliphatic heterocycles. The molecular formula is C11H12Cl3NO2. The maximum atomic E-state index is 6.06. The molecule has 1 atom stereocenters. The molecule has 0 saturated carbocycles. The van der Waals surface area contributed by atoms with Crippen molar-refractivity contribution in [1.29, 1.82) is 0 Å². The minimum atomic E-state index is 0.117. The van der Waals surface area contributed by atoms with E-state index in [0.29, 0.717) is 40.7 Å². The number of ether oxygens (including phenoxy) is 2. The molecule has 2 rings (SSSR count). The van der Waals surface area contributed by atoms with E-state index in [2.05, 4.69) is 5.32 Å². The Morgan fingerprint density at radius 3 is 2.53 bits per heavy atom. The standard InChI is InChI=1S/C11H12Cl3NO2/c12-7-3-9(13)11(10(14)4-7)15-5-8-1-2-16-6-17-8/h3-4,8,15H,1-2,5-6H2. The van der Waals surface area contributed by atoms with Crippen LogP contribution in [0, 0.1) is 0 Å². The lowest BCUT2D eigenvalue weighted by Crippen LogP contribution is -2.30. The van der Waals surface area contributed by atoms with E-state index < -0.39 is 0 Å². The summed E-state index contributed by atoms with van der Waals surface area (Å²) in [6.07, 6.45) is 0.974. The Labute approximate surface area is 115 Å². The molecular weight excluding hydrogens is 284 g/mol. The molecule has 0 amide bonds. The van der Waals surface area contributed by atoms with Crippen molar-refractivity contribution in [2.24, 2.45) is 0 Å². The van der Waals surface area contributed by atoms with Crippen LogP contribution in [0.5, 0.6) is 0 Å². The number of anilines is 1. The summed E-state index contributed by atoms with van der Waals surface area (Å²) in [5.74, 6) is 0. The highest BCUT2D eigenvalue weighted by Gasteiger charge is 2.15. The summed E-state index contributed by atoms with van der Waals surface area (Å²) in [7, 11) is 0. The van der Waals surface area contributed by atoms with Crippen LogP contribution in [0.2, 0.25) is 15.1 Å². The van der Waals surface area contributed by atoms with Crippen LogP contribution in [-0.2, 0) is 9.47 Å². The number of halogens is 3. The smallest absolute Gasteiger partial charge is 0.147 e. The molecule has 1 N–H and O–H groups in total. The van der Waals surface area contributed by atoms with Crippen LogP contribution in [0.15, 0.2) is 12.1 Å². The molecule has 1 aromatic carbocycles. The summed E-state index contributed by atoms with van der Waals surface area (Å²) >= 11 is 17.9. The molecule has 0 bridgehead atoms. The second-order valence-electron chi connectivity index (χ2n) is 3.73. The maximum absolute atomic E-state index is 6.06. The van der Waals surface area contributed by atoms with Crippen molar-refractivity contribution in [3.05, 3.63) is 27.2 Å². The molecule has 1 fully saturated rings. The third kappa shape index (κ3) is 3.63. The molecule has 1 unspecified atom stereocenters. The van der Waals surface area contributed by atoms with E-state index in [1.165, 1.54) is 0 Å². The highest BCUT2D eigenvalue weighted by Crippen LogP contribution is 2.33. The molecule has 1 aliphatic rings. The highest BCUT2D eigenvalue weighted by molar-refractivity contribution is 6.41. The Balaban J connectivity index is 1.98. The van der Waals surface area contributed by atoms with Gasteiger partial charge in [-0.05, 0) is 18.6 Å². The zero-order chi connectivity index (χ0) is 12.3. The molecule has 1 aromatic rings. The lowest BCUT2D eigenvalue weighted by molar-refractivity contribution is -0.133. The minimum absolute atomic E-state index is 0.117. The Bertz CT molecular complexity index is 371. The van der Waals surface area contributed by atoms with Gasteiger partial charge in [-0.3, -0.25) is 0 Å². The van der Waals surface area contributed by atoms with Gasteiger partial charge in [0.25, 0.3) is 0 Å². The average Bonchev–Trinajstić information content (AvgIpc) is 2.29. The van der Waals surface area contributed by atoms with E-state index in [9.17, 15) is 0 Å². The van der Waals surface area contributed by atoms with E-state index >= 15 is 0 Å². The monoisotopic (exact) mass is 295 g/mol. The Morgan fingerprint density at radius 2 is 1.94 bits per heavy atom. The van der Waals surface area contributed by atoms with Crippen LogP contribution in [0.1, 0.15) is 6.42 Å². The first-order valence-electron chi connectivity index (χ1n) is 5.24. The van der Waals surface area contributed by atoms with Crippen molar-refractivity contribution < 1.29 is 9.47 Å². The lowest BCUT2D eigenvalue weighted by atomic mass is 10.2. The number of hydrogen-bond acceptors (Lipinski definition) is 3. The molecule has 1 saturated heterocycles. The first-order valence-corrected chi connectivity index (χ1v) is 6.38. The second-order valence-corrected chi connectivity index (χ2v) is 4.98. The zero-order valence-electron chi connectivity index (χ0n) is 9.01. The minimum Gasteiger partial charge on any atom is -0.380 e. The molecule has 6 heteroatoms. The molecule has 0 spiro atoms. The predicted molar refractivity (Wildman–Crippen MR) is 70.3 cm³/mol. The van der Waals surface area contributed by atoms with E-state index in [0.717, 1.165) is 6.42 Å². The van der Waals surface area contributed by atoms with Gasteiger partial charge >= 0.3 is 0 Å². The van der Waals surface area contributed by atoms with Gasteiger partial charge in [-0.2, -0.15) is 0 Å². The summed E-state index contributed by atoms with van der Waals surface area (Å²) in [5, 5.41) is 4.71. The fourth-order valence-electron chi connectivity index (χ4n) is 1.59. The van der Waals surface area contributed by atoms with Crippen LogP contribution >= 0.6 is 34.8 Å². The summed E-state index contributed by atoms with van der Waals surface area (Å²) < 4.78 is 10.5. The van der Waals surface area contributed by atoms with Gasteiger partial charge in [-0.25, -0.2) is 0 Å². The normalized spacial score (nSPS) is 20.3. The molecule has 3 nitrogen and oxygen atoms in total. The SMILES string of the molecule is Clc1cc(Cl)c(NCC2CCOCO2)c(Cl)c1.